The molecule has 0 amide bonds. The number of aliphatic hydroxyl groups excluding tert-OH is 1. The Morgan fingerprint density at radius 1 is 1.05 bits per heavy atom. The molecule has 1 unspecified atom stereocenters. The van der Waals surface area contributed by atoms with Crippen molar-refractivity contribution in [2.75, 3.05) is 11.9 Å². The summed E-state index contributed by atoms with van der Waals surface area (Å²) in [7, 11) is 1.81. The van der Waals surface area contributed by atoms with Gasteiger partial charge in [0, 0.05) is 18.3 Å². The van der Waals surface area contributed by atoms with Crippen molar-refractivity contribution < 1.29 is 9.50 Å². The summed E-state index contributed by atoms with van der Waals surface area (Å²) in [5.74, 6) is -0.272. The van der Waals surface area contributed by atoms with E-state index in [1.807, 2.05) is 31.2 Å². The first-order valence-electron chi connectivity index (χ1n) is 6.40. The highest BCUT2D eigenvalue weighted by Gasteiger charge is 2.15. The molecule has 19 heavy (non-hydrogen) atoms. The topological polar surface area (TPSA) is 23.5 Å². The van der Waals surface area contributed by atoms with E-state index in [1.165, 1.54) is 6.07 Å². The molecule has 0 spiro atoms. The number of anilines is 2. The highest BCUT2D eigenvalue weighted by molar-refractivity contribution is 5.66. The molecule has 100 valence electrons. The SMILES string of the molecule is CCC(O)c1ccccc1N(C)c1ccccc1F. The van der Waals surface area contributed by atoms with Gasteiger partial charge in [-0.1, -0.05) is 37.3 Å². The van der Waals surface area contributed by atoms with Crippen molar-refractivity contribution in [2.45, 2.75) is 19.4 Å². The molecule has 0 fully saturated rings. The number of aliphatic hydroxyl groups is 1. The summed E-state index contributed by atoms with van der Waals surface area (Å²) in [5, 5.41) is 10.1. The average molecular weight is 259 g/mol. The third-order valence-corrected chi connectivity index (χ3v) is 3.26. The molecule has 0 heterocycles. The summed E-state index contributed by atoms with van der Waals surface area (Å²) < 4.78 is 13.8. The first kappa shape index (κ1) is 13.6. The maximum absolute atomic E-state index is 13.8. The molecule has 0 saturated heterocycles. The number of hydrogen-bond acceptors (Lipinski definition) is 2. The maximum atomic E-state index is 13.8. The van der Waals surface area contributed by atoms with Crippen LogP contribution < -0.4 is 4.90 Å². The zero-order valence-corrected chi connectivity index (χ0v) is 11.2. The van der Waals surface area contributed by atoms with E-state index in [9.17, 15) is 9.50 Å². The summed E-state index contributed by atoms with van der Waals surface area (Å²) in [6.07, 6.45) is 0.0905. The fourth-order valence-corrected chi connectivity index (χ4v) is 2.15. The van der Waals surface area contributed by atoms with Crippen molar-refractivity contribution in [3.8, 4) is 0 Å². The molecule has 0 aliphatic heterocycles. The van der Waals surface area contributed by atoms with Gasteiger partial charge in [0.05, 0.1) is 11.8 Å². The van der Waals surface area contributed by atoms with Gasteiger partial charge in [0.1, 0.15) is 5.82 Å². The molecule has 0 saturated carbocycles. The number of nitrogens with zero attached hydrogens (tertiary/aromatic N) is 1. The lowest BCUT2D eigenvalue weighted by molar-refractivity contribution is 0.174. The van der Waals surface area contributed by atoms with Crippen LogP contribution in [0.25, 0.3) is 0 Å². The molecule has 0 aromatic heterocycles. The van der Waals surface area contributed by atoms with Crippen molar-refractivity contribution in [1.29, 1.82) is 0 Å². The largest absolute Gasteiger partial charge is 0.388 e. The minimum atomic E-state index is -0.537. The highest BCUT2D eigenvalue weighted by atomic mass is 19.1. The number of para-hydroxylation sites is 2. The molecule has 0 aliphatic rings. The van der Waals surface area contributed by atoms with E-state index < -0.39 is 6.10 Å². The third-order valence-electron chi connectivity index (χ3n) is 3.26. The minimum Gasteiger partial charge on any atom is -0.388 e. The Kier molecular flexibility index (Phi) is 4.17. The molecule has 3 heteroatoms. The van der Waals surface area contributed by atoms with Crippen LogP contribution in [0.5, 0.6) is 0 Å². The van der Waals surface area contributed by atoms with Gasteiger partial charge in [0.2, 0.25) is 0 Å². The fraction of sp³-hybridized carbons (Fsp3) is 0.250. The van der Waals surface area contributed by atoms with E-state index in [1.54, 1.807) is 30.1 Å². The van der Waals surface area contributed by atoms with Gasteiger partial charge in [-0.3, -0.25) is 0 Å². The van der Waals surface area contributed by atoms with Gasteiger partial charge >= 0.3 is 0 Å². The zero-order valence-electron chi connectivity index (χ0n) is 11.2. The van der Waals surface area contributed by atoms with Crippen LogP contribution in [0.3, 0.4) is 0 Å². The Balaban J connectivity index is 2.45. The third kappa shape index (κ3) is 2.76. The van der Waals surface area contributed by atoms with Gasteiger partial charge < -0.3 is 10.0 Å². The van der Waals surface area contributed by atoms with Crippen LogP contribution in [0.2, 0.25) is 0 Å². The van der Waals surface area contributed by atoms with E-state index in [4.69, 9.17) is 0 Å². The van der Waals surface area contributed by atoms with Crippen LogP contribution in [0, 0.1) is 5.82 Å². The molecular formula is C16H18FNO. The van der Waals surface area contributed by atoms with Crippen molar-refractivity contribution in [3.05, 3.63) is 59.9 Å². The van der Waals surface area contributed by atoms with E-state index in [2.05, 4.69) is 0 Å². The Hall–Kier alpha value is -1.87. The molecule has 2 nitrogen and oxygen atoms in total. The van der Waals surface area contributed by atoms with Crippen LogP contribution in [0.4, 0.5) is 15.8 Å². The van der Waals surface area contributed by atoms with Crippen LogP contribution >= 0.6 is 0 Å². The van der Waals surface area contributed by atoms with Gasteiger partial charge in [0.15, 0.2) is 0 Å². The molecule has 0 radical (unpaired) electrons. The molecule has 1 N–H and O–H groups in total. The molecule has 2 aromatic rings. The van der Waals surface area contributed by atoms with Crippen LogP contribution in [-0.4, -0.2) is 12.2 Å². The van der Waals surface area contributed by atoms with Gasteiger partial charge in [-0.25, -0.2) is 4.39 Å². The standard InChI is InChI=1S/C16H18FNO/c1-3-16(19)12-8-4-6-10-14(12)18(2)15-11-7-5-9-13(15)17/h4-11,16,19H,3H2,1-2H3. The average Bonchev–Trinajstić information content (AvgIpc) is 2.46. The van der Waals surface area contributed by atoms with Gasteiger partial charge in [0.25, 0.3) is 0 Å². The molecule has 2 aromatic carbocycles. The first-order chi connectivity index (χ1) is 9.15. The second kappa shape index (κ2) is 5.85. The smallest absolute Gasteiger partial charge is 0.146 e. The summed E-state index contributed by atoms with van der Waals surface area (Å²) in [5.41, 5.74) is 2.14. The van der Waals surface area contributed by atoms with Crippen molar-refractivity contribution in [2.24, 2.45) is 0 Å². The summed E-state index contributed by atoms with van der Waals surface area (Å²) in [6.45, 7) is 1.92. The minimum absolute atomic E-state index is 0.272. The molecule has 0 bridgehead atoms. The normalized spacial score (nSPS) is 12.2. The number of rotatable bonds is 4. The fourth-order valence-electron chi connectivity index (χ4n) is 2.15. The van der Waals surface area contributed by atoms with E-state index in [0.29, 0.717) is 12.1 Å². The maximum Gasteiger partial charge on any atom is 0.146 e. The molecule has 0 aliphatic carbocycles. The second-order valence-corrected chi connectivity index (χ2v) is 4.49. The predicted molar refractivity (Wildman–Crippen MR) is 76.2 cm³/mol. The van der Waals surface area contributed by atoms with Gasteiger partial charge in [-0.15, -0.1) is 0 Å². The van der Waals surface area contributed by atoms with E-state index in [0.717, 1.165) is 11.3 Å². The zero-order chi connectivity index (χ0) is 13.8. The Morgan fingerprint density at radius 2 is 1.63 bits per heavy atom. The van der Waals surface area contributed by atoms with Crippen LogP contribution in [0.1, 0.15) is 25.0 Å². The summed E-state index contributed by atoms with van der Waals surface area (Å²) in [4.78, 5) is 1.77. The lowest BCUT2D eigenvalue weighted by Gasteiger charge is -2.24. The van der Waals surface area contributed by atoms with Gasteiger partial charge in [-0.05, 0) is 24.6 Å². The quantitative estimate of drug-likeness (QED) is 0.895. The molecular weight excluding hydrogens is 241 g/mol. The lowest BCUT2D eigenvalue weighted by Crippen LogP contribution is -2.14. The summed E-state index contributed by atoms with van der Waals surface area (Å²) in [6, 6.07) is 14.2. The van der Waals surface area contributed by atoms with Crippen LogP contribution in [-0.2, 0) is 0 Å². The van der Waals surface area contributed by atoms with Crippen molar-refractivity contribution in [3.63, 3.8) is 0 Å². The Labute approximate surface area is 113 Å². The number of halogens is 1. The van der Waals surface area contributed by atoms with E-state index >= 15 is 0 Å². The highest BCUT2D eigenvalue weighted by Crippen LogP contribution is 2.32. The van der Waals surface area contributed by atoms with E-state index in [-0.39, 0.29) is 5.82 Å². The second-order valence-electron chi connectivity index (χ2n) is 4.49. The first-order valence-corrected chi connectivity index (χ1v) is 6.40. The van der Waals surface area contributed by atoms with Crippen molar-refractivity contribution in [1.82, 2.24) is 0 Å². The number of hydrogen-bond donors (Lipinski definition) is 1. The Bertz CT molecular complexity index is 556. The summed E-state index contributed by atoms with van der Waals surface area (Å²) >= 11 is 0. The monoisotopic (exact) mass is 259 g/mol. The Morgan fingerprint density at radius 3 is 2.26 bits per heavy atom. The van der Waals surface area contributed by atoms with Crippen LogP contribution in [0.15, 0.2) is 48.5 Å². The lowest BCUT2D eigenvalue weighted by atomic mass is 10.0. The van der Waals surface area contributed by atoms with Gasteiger partial charge in [-0.2, -0.15) is 0 Å². The van der Waals surface area contributed by atoms with Crippen molar-refractivity contribution >= 4 is 11.4 Å². The molecule has 2 rings (SSSR count). The number of benzene rings is 2. The predicted octanol–water partition coefficient (Wildman–Crippen LogP) is 4.04. The molecule has 1 atom stereocenters.